The summed E-state index contributed by atoms with van der Waals surface area (Å²) < 4.78 is 40.1. The molecule has 0 spiro atoms. The Bertz CT molecular complexity index is 4690. The van der Waals surface area contributed by atoms with Gasteiger partial charge in [-0.15, -0.1) is 11.6 Å². The minimum Gasteiger partial charge on any atom is -0.479 e. The fourth-order valence-electron chi connectivity index (χ4n) is 16.4. The zero-order chi connectivity index (χ0) is 83.4. The van der Waals surface area contributed by atoms with Gasteiger partial charge in [0.05, 0.1) is 47.8 Å². The Labute approximate surface area is 685 Å². The lowest BCUT2D eigenvalue weighted by Crippen LogP contribution is -2.65. The number of hydrogen-bond acceptors (Lipinski definition) is 25. The number of carboxylic acids is 1. The SMILES string of the molecule is CN[C@H](CC(C)C)C(=O)N[C@H]1C(=O)N[C@@H](CC(N)=O)C(=O)N[C@H]2C(=S)N[C@H]3C(=O)N[C@H](C(=O)N[C@H](C(=O)O)C4=CC(O)CC5=C4C4CC3=CC=C4C5(O)O)[C@H](O)C3=CC=C(Oc4cc2cc(c4O[C@H]2OC(CO)C(O)[C@H](O)[C@@H]2O[C@H]2CC(C)(NCc4ccc(-c5ccc(Cl)cc5)cc4)[C@H](O)C(C)O2)OC2=C(Cl)C=C(CC2)[C@H]1O)C(Cl)C3. The highest BCUT2D eigenvalue weighted by Gasteiger charge is 2.56. The molecular weight excluding hydrogens is 1590 g/mol. The molecule has 36 heteroatoms. The quantitative estimate of drug-likeness (QED) is 0.0514. The summed E-state index contributed by atoms with van der Waals surface area (Å²) in [7, 11) is 1.51. The average molecular weight is 1690 g/mol. The van der Waals surface area contributed by atoms with Crippen LogP contribution in [0.4, 0.5) is 0 Å². The molecule has 20 N–H and O–H groups in total. The van der Waals surface area contributed by atoms with Crippen LogP contribution < -0.4 is 62.5 Å². The zero-order valence-electron chi connectivity index (χ0n) is 63.3. The first kappa shape index (κ1) is 85.4. The Balaban J connectivity index is 0.970. The molecule has 3 fully saturated rings. The third-order valence-electron chi connectivity index (χ3n) is 22.7. The number of aliphatic hydroxyl groups excluding tert-OH is 7. The number of amides is 6. The van der Waals surface area contributed by atoms with E-state index >= 15 is 19.2 Å². The van der Waals surface area contributed by atoms with Crippen molar-refractivity contribution in [2.75, 3.05) is 13.7 Å². The van der Waals surface area contributed by atoms with E-state index in [1.54, 1.807) is 26.0 Å². The topological polar surface area (TPSA) is 499 Å². The van der Waals surface area contributed by atoms with Crippen molar-refractivity contribution in [3.8, 4) is 28.4 Å². The number of aliphatic hydroxyl groups is 9. The summed E-state index contributed by atoms with van der Waals surface area (Å²) in [5, 5.41) is 140. The molecule has 3 saturated heterocycles. The number of hydrogen-bond donors (Lipinski definition) is 19. The Kier molecular flexibility index (Phi) is 25.6. The fourth-order valence-corrected chi connectivity index (χ4v) is 17.4. The maximum atomic E-state index is 15.8. The Hall–Kier alpha value is -8.53. The lowest BCUT2D eigenvalue weighted by atomic mass is 9.77. The number of primary amides is 1. The zero-order valence-corrected chi connectivity index (χ0v) is 66.4. The van der Waals surface area contributed by atoms with E-state index in [1.807, 2.05) is 50.2 Å². The molecule has 5 aliphatic carbocycles. The van der Waals surface area contributed by atoms with Crippen molar-refractivity contribution in [1.82, 2.24) is 42.5 Å². The van der Waals surface area contributed by atoms with Crippen LogP contribution >= 0.6 is 47.0 Å². The van der Waals surface area contributed by atoms with Crippen molar-refractivity contribution in [3.05, 3.63) is 169 Å². The van der Waals surface area contributed by atoms with Gasteiger partial charge in [-0.2, -0.15) is 0 Å². The van der Waals surface area contributed by atoms with Crippen molar-refractivity contribution in [2.24, 2.45) is 17.6 Å². The largest absolute Gasteiger partial charge is 0.479 e. The normalized spacial score (nSPS) is 32.8. The second-order valence-electron chi connectivity index (χ2n) is 31.1. The van der Waals surface area contributed by atoms with Gasteiger partial charge in [0.15, 0.2) is 29.9 Å². The number of carbonyl (C=O) groups is 7. The van der Waals surface area contributed by atoms with E-state index in [4.69, 9.17) is 81.2 Å². The Morgan fingerprint density at radius 1 is 0.784 bits per heavy atom. The molecule has 7 heterocycles. The van der Waals surface area contributed by atoms with Crippen LogP contribution in [-0.4, -0.2) is 232 Å². The van der Waals surface area contributed by atoms with Gasteiger partial charge < -0.3 is 128 Å². The molecule has 3 aromatic rings. The van der Waals surface area contributed by atoms with Gasteiger partial charge >= 0.3 is 5.97 Å². The van der Waals surface area contributed by atoms with Crippen LogP contribution in [-0.2, 0) is 54.3 Å². The molecule has 7 aliphatic heterocycles. The standard InChI is InChI=1S/C80H92Cl3N9O23S/c1-32(2)20-49(85-5)71(101)90-62-64(96)38-13-18-51(47(82)22-38)111-53-24-40-25-54(68(53)115-78-69(67(99)66(98)55(31-93)113-78)114-57-29-79(4,70(100)33(3)110-57)86-30-34-6-8-35(9-7-34)36-10-15-41(81)16-11-36)112-52-19-14-39(23-48(52)83)65(97)63-75(105)89-61(77(106)107)44-26-42(94)27-46-58(44)43-21-37(12-17-45(43)80(46,108)109)59(73(103)91-63)92-76(116)60(40)88-72(102)50(28-56(84)95)87-74(62)104/h6-12,14-17,19,22,24-26,32-33,42-43,48-50,55,57,59-67,69-70,78,85-86,93-94,96-100,108-109H,13,18,20-21,23,27-31H2,1-5H3,(H2,84,95)(H,87,104)(H,88,102)(H,89,105)(H,90,101)(H,91,103)(H,92,116)(H,106,107)/t33?,42?,43?,48?,49-,50+,55?,57+,59-,60-,61+,62-,63+,64-,65-,66?,67+,69+,70-,78-,79?/m1/s1. The number of alkyl halides is 1. The van der Waals surface area contributed by atoms with Gasteiger partial charge in [0.25, 0.3) is 0 Å². The number of fused-ring (bicyclic) bond motifs is 12. The van der Waals surface area contributed by atoms with Crippen LogP contribution in [0.5, 0.6) is 17.2 Å². The predicted molar refractivity (Wildman–Crippen MR) is 420 cm³/mol. The molecule has 6 amide bonds. The van der Waals surface area contributed by atoms with Gasteiger partial charge in [0.2, 0.25) is 53.3 Å². The molecular formula is C80H92Cl3N9O23S. The lowest BCUT2D eigenvalue weighted by molar-refractivity contribution is -0.334. The summed E-state index contributed by atoms with van der Waals surface area (Å²) in [6.45, 7) is 6.35. The van der Waals surface area contributed by atoms with E-state index in [0.717, 1.165) is 22.8 Å². The highest BCUT2D eigenvalue weighted by molar-refractivity contribution is 7.80. The average Bonchev–Trinajstić information content (AvgIpc) is 1.57. The van der Waals surface area contributed by atoms with Gasteiger partial charge in [-0.25, -0.2) is 4.79 Å². The first-order valence-corrected chi connectivity index (χ1v) is 39.5. The summed E-state index contributed by atoms with van der Waals surface area (Å²) in [6.07, 6.45) is -13.2. The number of thiocarbonyl (C=S) groups is 1. The minimum absolute atomic E-state index is 0.00300. The fraction of sp³-hybridized carbons (Fsp3) is 0.475. The Morgan fingerprint density at radius 3 is 2.13 bits per heavy atom. The molecule has 0 radical (unpaired) electrons. The van der Waals surface area contributed by atoms with Crippen molar-refractivity contribution in [3.63, 3.8) is 0 Å². The van der Waals surface area contributed by atoms with Crippen LogP contribution in [0.1, 0.15) is 96.2 Å². The van der Waals surface area contributed by atoms with Gasteiger partial charge in [-0.05, 0) is 151 Å². The van der Waals surface area contributed by atoms with E-state index in [2.05, 4.69) is 42.5 Å². The van der Waals surface area contributed by atoms with Gasteiger partial charge in [-0.3, -0.25) is 28.8 Å². The number of rotatable bonds is 17. The molecule has 32 nitrogen and oxygen atoms in total. The number of carbonyl (C=O) groups excluding carboxylic acids is 6. The van der Waals surface area contributed by atoms with E-state index in [0.29, 0.717) is 5.02 Å². The Morgan fingerprint density at radius 2 is 1.47 bits per heavy atom. The van der Waals surface area contributed by atoms with Crippen molar-refractivity contribution >= 4 is 93.4 Å². The smallest absolute Gasteiger partial charge is 0.330 e. The number of carboxylic acid groups (broad SMARTS) is 1. The first-order chi connectivity index (χ1) is 55.0. The second-order valence-corrected chi connectivity index (χ2v) is 33.0. The number of halogens is 3. The molecule has 3 aromatic carbocycles. The monoisotopic (exact) mass is 1680 g/mol. The van der Waals surface area contributed by atoms with E-state index in [9.17, 15) is 65.4 Å². The van der Waals surface area contributed by atoms with Crippen molar-refractivity contribution in [1.29, 1.82) is 0 Å². The second kappa shape index (κ2) is 34.8. The van der Waals surface area contributed by atoms with Crippen molar-refractivity contribution in [2.45, 2.75) is 212 Å². The van der Waals surface area contributed by atoms with Crippen LogP contribution in [0.15, 0.2) is 153 Å². The summed E-state index contributed by atoms with van der Waals surface area (Å²) in [6, 6.07) is 4.71. The molecule has 7 unspecified atom stereocenters. The van der Waals surface area contributed by atoms with Gasteiger partial charge in [0.1, 0.15) is 77.2 Å². The van der Waals surface area contributed by atoms with Crippen LogP contribution in [0, 0.1) is 11.8 Å². The van der Waals surface area contributed by atoms with Gasteiger partial charge in [0, 0.05) is 47.9 Å². The molecule has 0 aromatic heterocycles. The molecule has 15 rings (SSSR count). The number of aliphatic carboxylic acids is 1. The molecule has 11 bridgehead atoms. The number of allylic oxidation sites excluding steroid dienone is 8. The molecule has 0 saturated carbocycles. The van der Waals surface area contributed by atoms with E-state index in [-0.39, 0.29) is 106 Å². The van der Waals surface area contributed by atoms with Crippen molar-refractivity contribution < 1.29 is 113 Å². The summed E-state index contributed by atoms with van der Waals surface area (Å²) >= 11 is 27.1. The molecule has 12 aliphatic rings. The van der Waals surface area contributed by atoms with E-state index in [1.165, 1.54) is 49.6 Å². The maximum absolute atomic E-state index is 15.8. The molecule has 116 heavy (non-hydrogen) atoms. The molecule has 21 atom stereocenters. The number of ether oxygens (including phenoxy) is 6. The van der Waals surface area contributed by atoms with Crippen LogP contribution in [0.2, 0.25) is 5.02 Å². The molecule has 622 valence electrons. The van der Waals surface area contributed by atoms with Crippen LogP contribution in [0.3, 0.4) is 0 Å². The third-order valence-corrected chi connectivity index (χ3v) is 23.9. The van der Waals surface area contributed by atoms with E-state index < -0.39 is 222 Å². The summed E-state index contributed by atoms with van der Waals surface area (Å²) in [5.74, 6) is -14.3. The van der Waals surface area contributed by atoms with Gasteiger partial charge in [-0.1, -0.05) is 104 Å². The highest BCUT2D eigenvalue weighted by atomic mass is 35.5. The third kappa shape index (κ3) is 17.6. The minimum atomic E-state index is -2.83. The maximum Gasteiger partial charge on any atom is 0.330 e. The summed E-state index contributed by atoms with van der Waals surface area (Å²) in [4.78, 5) is 102. The highest BCUT2D eigenvalue weighted by Crippen LogP contribution is 2.55. The van der Waals surface area contributed by atoms with Crippen LogP contribution in [0.25, 0.3) is 11.1 Å². The number of nitrogens with one attached hydrogen (secondary N) is 8. The summed E-state index contributed by atoms with van der Waals surface area (Å²) in [5.41, 5.74) is 6.65. The number of benzene rings is 3. The first-order valence-electron chi connectivity index (χ1n) is 37.9. The predicted octanol–water partition coefficient (Wildman–Crippen LogP) is 1.30. The lowest BCUT2D eigenvalue weighted by Gasteiger charge is -2.48. The number of likely N-dealkylation sites (N-methyl/N-ethyl adjacent to an activating group) is 1. The number of nitrogens with two attached hydrogens (primary N) is 1.